The average molecular weight is 399 g/mol. The third-order valence-electron chi connectivity index (χ3n) is 6.03. The fraction of sp³-hybridized carbons (Fsp3) is 0.583. The van der Waals surface area contributed by atoms with E-state index in [1.807, 2.05) is 31.2 Å². The van der Waals surface area contributed by atoms with E-state index in [0.29, 0.717) is 6.61 Å². The molecule has 0 bridgehead atoms. The van der Waals surface area contributed by atoms with Crippen molar-refractivity contribution in [3.05, 3.63) is 35.9 Å². The minimum absolute atomic E-state index is 0.0157. The van der Waals surface area contributed by atoms with Crippen LogP contribution < -0.4 is 15.4 Å². The van der Waals surface area contributed by atoms with Gasteiger partial charge in [0.25, 0.3) is 0 Å². The maximum Gasteiger partial charge on any atom is 0.227 e. The van der Waals surface area contributed by atoms with Crippen molar-refractivity contribution < 1.29 is 14.3 Å². The van der Waals surface area contributed by atoms with Gasteiger partial charge in [-0.1, -0.05) is 11.6 Å². The number of amides is 2. The number of benzene rings is 1. The van der Waals surface area contributed by atoms with Crippen molar-refractivity contribution in [3.63, 3.8) is 0 Å². The minimum atomic E-state index is -0.0157. The lowest BCUT2D eigenvalue weighted by molar-refractivity contribution is -0.128. The molecule has 0 heterocycles. The molecule has 5 nitrogen and oxygen atoms in total. The first-order valence-corrected chi connectivity index (χ1v) is 11.1. The summed E-state index contributed by atoms with van der Waals surface area (Å²) in [4.78, 5) is 25.0. The van der Waals surface area contributed by atoms with Crippen LogP contribution in [0.1, 0.15) is 64.7 Å². The molecule has 1 aromatic rings. The summed E-state index contributed by atoms with van der Waals surface area (Å²) in [7, 11) is 0. The van der Waals surface area contributed by atoms with Crippen LogP contribution in [0.5, 0.6) is 5.75 Å². The lowest BCUT2D eigenvalue weighted by atomic mass is 9.81. The van der Waals surface area contributed by atoms with Gasteiger partial charge in [-0.05, 0) is 89.0 Å². The average Bonchev–Trinajstić information content (AvgIpc) is 2.76. The first-order chi connectivity index (χ1) is 14.2. The van der Waals surface area contributed by atoms with Crippen LogP contribution in [0.3, 0.4) is 0 Å². The van der Waals surface area contributed by atoms with Crippen molar-refractivity contribution in [3.8, 4) is 5.75 Å². The standard InChI is InChI=1S/C24H34N2O3/c1-2-29-22-14-12-21(13-15-22)26-24(28)20-10-8-19(9-11-20)23(27)25-17-16-18-6-4-3-5-7-18/h6,12-15,19-20H,2-5,7-11,16-17H2,1H3,(H,25,27)(H,26,28). The molecule has 29 heavy (non-hydrogen) atoms. The van der Waals surface area contributed by atoms with Gasteiger partial charge in [0.1, 0.15) is 5.75 Å². The molecule has 2 aliphatic rings. The van der Waals surface area contributed by atoms with Crippen LogP contribution >= 0.6 is 0 Å². The zero-order valence-electron chi connectivity index (χ0n) is 17.5. The van der Waals surface area contributed by atoms with Gasteiger partial charge in [-0.15, -0.1) is 0 Å². The zero-order valence-corrected chi connectivity index (χ0v) is 17.5. The van der Waals surface area contributed by atoms with Crippen LogP contribution in [0, 0.1) is 11.8 Å². The fourth-order valence-corrected chi connectivity index (χ4v) is 4.29. The van der Waals surface area contributed by atoms with Gasteiger partial charge >= 0.3 is 0 Å². The van der Waals surface area contributed by atoms with E-state index in [0.717, 1.165) is 50.1 Å². The SMILES string of the molecule is CCOc1ccc(NC(=O)C2CCC(C(=O)NCCC3=CCCCC3)CC2)cc1. The monoisotopic (exact) mass is 398 g/mol. The van der Waals surface area contributed by atoms with Crippen molar-refractivity contribution in [2.45, 2.75) is 64.7 Å². The van der Waals surface area contributed by atoms with E-state index in [-0.39, 0.29) is 23.7 Å². The number of anilines is 1. The van der Waals surface area contributed by atoms with E-state index in [4.69, 9.17) is 4.74 Å². The number of ether oxygens (including phenoxy) is 1. The van der Waals surface area contributed by atoms with Gasteiger partial charge < -0.3 is 15.4 Å². The van der Waals surface area contributed by atoms with Gasteiger partial charge in [0.05, 0.1) is 6.61 Å². The molecule has 2 aliphatic carbocycles. The Morgan fingerprint density at radius 1 is 1.00 bits per heavy atom. The molecule has 3 rings (SSSR count). The fourth-order valence-electron chi connectivity index (χ4n) is 4.29. The molecule has 0 spiro atoms. The molecular weight excluding hydrogens is 364 g/mol. The Morgan fingerprint density at radius 3 is 2.31 bits per heavy atom. The second kappa shape index (κ2) is 11.0. The van der Waals surface area contributed by atoms with Gasteiger partial charge in [0, 0.05) is 24.1 Å². The summed E-state index contributed by atoms with van der Waals surface area (Å²) >= 11 is 0. The highest BCUT2D eigenvalue weighted by Crippen LogP contribution is 2.30. The highest BCUT2D eigenvalue weighted by molar-refractivity contribution is 5.92. The Bertz CT molecular complexity index is 703. The highest BCUT2D eigenvalue weighted by atomic mass is 16.5. The number of rotatable bonds is 8. The van der Waals surface area contributed by atoms with Crippen LogP contribution in [-0.2, 0) is 9.59 Å². The van der Waals surface area contributed by atoms with Crippen LogP contribution in [0.2, 0.25) is 0 Å². The molecule has 1 aromatic carbocycles. The molecule has 0 aromatic heterocycles. The third kappa shape index (κ3) is 6.62. The predicted molar refractivity (Wildman–Crippen MR) is 116 cm³/mol. The number of hydrogen-bond acceptors (Lipinski definition) is 3. The number of carbonyl (C=O) groups is 2. The first-order valence-electron chi connectivity index (χ1n) is 11.1. The van der Waals surface area contributed by atoms with Gasteiger partial charge in [-0.2, -0.15) is 0 Å². The first kappa shape index (κ1) is 21.4. The second-order valence-corrected chi connectivity index (χ2v) is 8.14. The lowest BCUT2D eigenvalue weighted by Gasteiger charge is -2.27. The third-order valence-corrected chi connectivity index (χ3v) is 6.03. The molecular formula is C24H34N2O3. The number of nitrogens with one attached hydrogen (secondary N) is 2. The molecule has 158 valence electrons. The van der Waals surface area contributed by atoms with Crippen molar-refractivity contribution >= 4 is 17.5 Å². The Morgan fingerprint density at radius 2 is 1.69 bits per heavy atom. The molecule has 1 saturated carbocycles. The zero-order chi connectivity index (χ0) is 20.5. The van der Waals surface area contributed by atoms with Crippen molar-refractivity contribution in [1.82, 2.24) is 5.32 Å². The summed E-state index contributed by atoms with van der Waals surface area (Å²) in [6.07, 6.45) is 11.4. The molecule has 0 aliphatic heterocycles. The van der Waals surface area contributed by atoms with Crippen molar-refractivity contribution in [2.24, 2.45) is 11.8 Å². The number of allylic oxidation sites excluding steroid dienone is 1. The number of hydrogen-bond donors (Lipinski definition) is 2. The lowest BCUT2D eigenvalue weighted by Crippen LogP contribution is -2.36. The maximum atomic E-state index is 12.6. The topological polar surface area (TPSA) is 67.4 Å². The van der Waals surface area contributed by atoms with Crippen LogP contribution in [0.4, 0.5) is 5.69 Å². The van der Waals surface area contributed by atoms with E-state index >= 15 is 0 Å². The normalized spacial score (nSPS) is 21.8. The predicted octanol–water partition coefficient (Wildman–Crippen LogP) is 4.84. The second-order valence-electron chi connectivity index (χ2n) is 8.14. The van der Waals surface area contributed by atoms with Crippen LogP contribution in [0.25, 0.3) is 0 Å². The van der Waals surface area contributed by atoms with Gasteiger partial charge in [0.15, 0.2) is 0 Å². The summed E-state index contributed by atoms with van der Waals surface area (Å²) < 4.78 is 5.43. The summed E-state index contributed by atoms with van der Waals surface area (Å²) in [6, 6.07) is 7.46. The molecule has 0 saturated heterocycles. The molecule has 2 amide bonds. The molecule has 2 N–H and O–H groups in total. The Balaban J connectivity index is 1.37. The van der Waals surface area contributed by atoms with Gasteiger partial charge in [0.2, 0.25) is 11.8 Å². The molecule has 0 unspecified atom stereocenters. The van der Waals surface area contributed by atoms with E-state index in [2.05, 4.69) is 16.7 Å². The van der Waals surface area contributed by atoms with Gasteiger partial charge in [-0.25, -0.2) is 0 Å². The molecule has 0 atom stereocenters. The molecule has 0 radical (unpaired) electrons. The quantitative estimate of drug-likeness (QED) is 0.616. The highest BCUT2D eigenvalue weighted by Gasteiger charge is 2.29. The number of carbonyl (C=O) groups excluding carboxylic acids is 2. The summed E-state index contributed by atoms with van der Waals surface area (Å²) in [5.41, 5.74) is 2.28. The van der Waals surface area contributed by atoms with E-state index < -0.39 is 0 Å². The Kier molecular flexibility index (Phi) is 8.14. The summed E-state index contributed by atoms with van der Waals surface area (Å²) in [5.74, 6) is 1.05. The van der Waals surface area contributed by atoms with Gasteiger partial charge in [-0.3, -0.25) is 9.59 Å². The largest absolute Gasteiger partial charge is 0.494 e. The van der Waals surface area contributed by atoms with Crippen molar-refractivity contribution in [1.29, 1.82) is 0 Å². The Hall–Kier alpha value is -2.30. The molecule has 5 heteroatoms. The van der Waals surface area contributed by atoms with E-state index in [1.165, 1.54) is 31.3 Å². The Labute approximate surface area is 174 Å². The smallest absolute Gasteiger partial charge is 0.227 e. The van der Waals surface area contributed by atoms with Crippen molar-refractivity contribution in [2.75, 3.05) is 18.5 Å². The molecule has 1 fully saturated rings. The van der Waals surface area contributed by atoms with E-state index in [9.17, 15) is 9.59 Å². The summed E-state index contributed by atoms with van der Waals surface area (Å²) in [5, 5.41) is 6.10. The van der Waals surface area contributed by atoms with Crippen LogP contribution in [0.15, 0.2) is 35.9 Å². The van der Waals surface area contributed by atoms with E-state index in [1.54, 1.807) is 0 Å². The maximum absolute atomic E-state index is 12.6. The summed E-state index contributed by atoms with van der Waals surface area (Å²) in [6.45, 7) is 3.31. The minimum Gasteiger partial charge on any atom is -0.494 e. The van der Waals surface area contributed by atoms with Crippen LogP contribution in [-0.4, -0.2) is 25.0 Å².